The molecular formula is C15H18FNO2. The highest BCUT2D eigenvalue weighted by Crippen LogP contribution is 2.38. The third-order valence-corrected chi connectivity index (χ3v) is 4.17. The van der Waals surface area contributed by atoms with Crippen molar-refractivity contribution in [1.29, 1.82) is 0 Å². The van der Waals surface area contributed by atoms with Crippen LogP contribution in [0.4, 0.5) is 4.39 Å². The Labute approximate surface area is 112 Å². The first kappa shape index (κ1) is 12.6. The van der Waals surface area contributed by atoms with Gasteiger partial charge in [-0.05, 0) is 36.5 Å². The molecule has 1 N–H and O–H groups in total. The van der Waals surface area contributed by atoms with Gasteiger partial charge in [-0.3, -0.25) is 10.1 Å². The van der Waals surface area contributed by atoms with Gasteiger partial charge in [0.15, 0.2) is 0 Å². The molecule has 1 saturated carbocycles. The van der Waals surface area contributed by atoms with Crippen LogP contribution in [0.2, 0.25) is 0 Å². The minimum absolute atomic E-state index is 0.130. The summed E-state index contributed by atoms with van der Waals surface area (Å²) in [5.41, 5.74) is 1.06. The smallest absolute Gasteiger partial charge is 0.323 e. The van der Waals surface area contributed by atoms with E-state index in [-0.39, 0.29) is 23.9 Å². The predicted octanol–water partition coefficient (Wildman–Crippen LogP) is 2.57. The van der Waals surface area contributed by atoms with Crippen molar-refractivity contribution >= 4 is 5.97 Å². The first-order chi connectivity index (χ1) is 9.24. The molecule has 4 heteroatoms. The van der Waals surface area contributed by atoms with Crippen molar-refractivity contribution in [3.05, 3.63) is 35.6 Å². The minimum Gasteiger partial charge on any atom is -0.464 e. The maximum atomic E-state index is 13.0. The molecule has 0 bridgehead atoms. The molecule has 102 valence electrons. The average Bonchev–Trinajstić information content (AvgIpc) is 2.73. The second-order valence-corrected chi connectivity index (χ2v) is 5.40. The molecule has 1 saturated heterocycles. The number of esters is 1. The van der Waals surface area contributed by atoms with Crippen molar-refractivity contribution in [2.75, 3.05) is 6.61 Å². The zero-order valence-electron chi connectivity index (χ0n) is 10.8. The summed E-state index contributed by atoms with van der Waals surface area (Å²) in [6.07, 6.45) is 4.29. The van der Waals surface area contributed by atoms with Gasteiger partial charge in [-0.2, -0.15) is 0 Å². The number of nitrogens with one attached hydrogen (secondary N) is 1. The highest BCUT2D eigenvalue weighted by Gasteiger charge is 2.34. The number of carbonyl (C=O) groups is 1. The van der Waals surface area contributed by atoms with Crippen LogP contribution in [0.25, 0.3) is 0 Å². The molecule has 0 unspecified atom stereocenters. The van der Waals surface area contributed by atoms with E-state index in [4.69, 9.17) is 4.74 Å². The first-order valence-electron chi connectivity index (χ1n) is 6.92. The molecule has 0 radical (unpaired) electrons. The Morgan fingerprint density at radius 3 is 2.47 bits per heavy atom. The number of hydrogen-bond acceptors (Lipinski definition) is 3. The van der Waals surface area contributed by atoms with E-state index in [0.717, 1.165) is 24.8 Å². The summed E-state index contributed by atoms with van der Waals surface area (Å²) in [4.78, 5) is 11.6. The number of carbonyl (C=O) groups excluding carboxylic acids is 1. The largest absolute Gasteiger partial charge is 0.464 e. The Balaban J connectivity index is 1.77. The Morgan fingerprint density at radius 1 is 1.21 bits per heavy atom. The standard InChI is InChI=1S/C15H18FNO2/c16-12-6-4-11(5-7-12)14(10-2-1-3-10)17-13-8-9-19-15(13)18/h4-7,10,13-14,17H,1-3,8-9H2/t13-,14+/m0/s1. The Bertz CT molecular complexity index is 456. The van der Waals surface area contributed by atoms with Crippen molar-refractivity contribution in [3.63, 3.8) is 0 Å². The zero-order valence-corrected chi connectivity index (χ0v) is 10.8. The topological polar surface area (TPSA) is 38.3 Å². The molecule has 2 aliphatic rings. The SMILES string of the molecule is O=C1OCC[C@@H]1N[C@@H](c1ccc(F)cc1)C1CCC1. The lowest BCUT2D eigenvalue weighted by Crippen LogP contribution is -2.41. The van der Waals surface area contributed by atoms with Gasteiger partial charge in [-0.15, -0.1) is 0 Å². The van der Waals surface area contributed by atoms with Gasteiger partial charge in [0.25, 0.3) is 0 Å². The average molecular weight is 263 g/mol. The van der Waals surface area contributed by atoms with Crippen molar-refractivity contribution in [2.45, 2.75) is 37.8 Å². The Morgan fingerprint density at radius 2 is 1.95 bits per heavy atom. The van der Waals surface area contributed by atoms with E-state index in [1.165, 1.54) is 18.6 Å². The first-order valence-corrected chi connectivity index (χ1v) is 6.92. The van der Waals surface area contributed by atoms with E-state index in [1.807, 2.05) is 12.1 Å². The van der Waals surface area contributed by atoms with E-state index in [1.54, 1.807) is 0 Å². The highest BCUT2D eigenvalue weighted by molar-refractivity contribution is 5.77. The fraction of sp³-hybridized carbons (Fsp3) is 0.533. The van der Waals surface area contributed by atoms with Crippen LogP contribution >= 0.6 is 0 Å². The summed E-state index contributed by atoms with van der Waals surface area (Å²) in [5, 5.41) is 3.41. The molecule has 2 fully saturated rings. The normalized spacial score (nSPS) is 24.9. The van der Waals surface area contributed by atoms with E-state index in [2.05, 4.69) is 5.32 Å². The quantitative estimate of drug-likeness (QED) is 0.848. The molecule has 0 aromatic heterocycles. The van der Waals surface area contributed by atoms with Gasteiger partial charge in [-0.1, -0.05) is 18.6 Å². The molecule has 1 aliphatic heterocycles. The molecule has 1 aromatic carbocycles. The van der Waals surface area contributed by atoms with Crippen molar-refractivity contribution in [3.8, 4) is 0 Å². The van der Waals surface area contributed by atoms with Gasteiger partial charge in [0.05, 0.1) is 6.61 Å². The van der Waals surface area contributed by atoms with E-state index in [9.17, 15) is 9.18 Å². The monoisotopic (exact) mass is 263 g/mol. The second kappa shape index (κ2) is 5.29. The van der Waals surface area contributed by atoms with Gasteiger partial charge < -0.3 is 4.74 Å². The number of cyclic esters (lactones) is 1. The summed E-state index contributed by atoms with van der Waals surface area (Å²) in [5.74, 6) is 0.154. The molecular weight excluding hydrogens is 245 g/mol. The van der Waals surface area contributed by atoms with Crippen LogP contribution in [0.5, 0.6) is 0 Å². The van der Waals surface area contributed by atoms with Gasteiger partial charge in [0.2, 0.25) is 0 Å². The van der Waals surface area contributed by atoms with Crippen molar-refractivity contribution in [1.82, 2.24) is 5.32 Å². The number of rotatable bonds is 4. The number of halogens is 1. The van der Waals surface area contributed by atoms with Gasteiger partial charge in [0.1, 0.15) is 11.9 Å². The van der Waals surface area contributed by atoms with Crippen LogP contribution in [-0.2, 0) is 9.53 Å². The second-order valence-electron chi connectivity index (χ2n) is 5.40. The third kappa shape index (κ3) is 2.63. The molecule has 2 atom stereocenters. The van der Waals surface area contributed by atoms with Crippen LogP contribution in [0.15, 0.2) is 24.3 Å². The highest BCUT2D eigenvalue weighted by atomic mass is 19.1. The molecule has 1 heterocycles. The summed E-state index contributed by atoms with van der Waals surface area (Å²) in [6.45, 7) is 0.497. The summed E-state index contributed by atoms with van der Waals surface area (Å²) >= 11 is 0. The van der Waals surface area contributed by atoms with Crippen LogP contribution < -0.4 is 5.32 Å². The van der Waals surface area contributed by atoms with E-state index < -0.39 is 0 Å². The van der Waals surface area contributed by atoms with Crippen molar-refractivity contribution < 1.29 is 13.9 Å². The van der Waals surface area contributed by atoms with Crippen molar-refractivity contribution in [2.24, 2.45) is 5.92 Å². The number of benzene rings is 1. The molecule has 0 spiro atoms. The maximum Gasteiger partial charge on any atom is 0.323 e. The zero-order chi connectivity index (χ0) is 13.2. The molecule has 19 heavy (non-hydrogen) atoms. The lowest BCUT2D eigenvalue weighted by molar-refractivity contribution is -0.140. The summed E-state index contributed by atoms with van der Waals surface area (Å²) in [6, 6.07) is 6.50. The fourth-order valence-corrected chi connectivity index (χ4v) is 2.81. The molecule has 3 nitrogen and oxygen atoms in total. The van der Waals surface area contributed by atoms with Crippen LogP contribution in [0.3, 0.4) is 0 Å². The summed E-state index contributed by atoms with van der Waals surface area (Å²) in [7, 11) is 0. The van der Waals surface area contributed by atoms with Gasteiger partial charge in [-0.25, -0.2) is 4.39 Å². The van der Waals surface area contributed by atoms with Gasteiger partial charge >= 0.3 is 5.97 Å². The molecule has 1 aromatic rings. The number of ether oxygens (including phenoxy) is 1. The van der Waals surface area contributed by atoms with E-state index in [0.29, 0.717) is 12.5 Å². The van der Waals surface area contributed by atoms with Gasteiger partial charge in [0, 0.05) is 12.5 Å². The molecule has 3 rings (SSSR count). The maximum absolute atomic E-state index is 13.0. The minimum atomic E-state index is -0.226. The lowest BCUT2D eigenvalue weighted by atomic mass is 9.77. The summed E-state index contributed by atoms with van der Waals surface area (Å²) < 4.78 is 18.0. The van der Waals surface area contributed by atoms with Crippen LogP contribution in [0, 0.1) is 11.7 Å². The predicted molar refractivity (Wildman–Crippen MR) is 69.0 cm³/mol. The molecule has 1 aliphatic carbocycles. The molecule has 0 amide bonds. The fourth-order valence-electron chi connectivity index (χ4n) is 2.81. The van der Waals surface area contributed by atoms with Crippen LogP contribution in [-0.4, -0.2) is 18.6 Å². The van der Waals surface area contributed by atoms with E-state index >= 15 is 0 Å². The number of hydrogen-bond donors (Lipinski definition) is 1. The Kier molecular flexibility index (Phi) is 3.51. The lowest BCUT2D eigenvalue weighted by Gasteiger charge is -2.35. The third-order valence-electron chi connectivity index (χ3n) is 4.17. The Hall–Kier alpha value is -1.42. The van der Waals surface area contributed by atoms with Crippen LogP contribution in [0.1, 0.15) is 37.3 Å².